The lowest BCUT2D eigenvalue weighted by molar-refractivity contribution is -0.139. The number of ether oxygens (including phenoxy) is 1. The highest BCUT2D eigenvalue weighted by atomic mass is 79.9. The van der Waals surface area contributed by atoms with Gasteiger partial charge in [0, 0.05) is 0 Å². The Morgan fingerprint density at radius 2 is 2.38 bits per heavy atom. The molecule has 0 unspecified atom stereocenters. The Bertz CT molecular complexity index is 399. The summed E-state index contributed by atoms with van der Waals surface area (Å²) in [5.41, 5.74) is 7.26. The Balaban J connectivity index is 2.68. The highest BCUT2D eigenvalue weighted by Gasteiger charge is 2.10. The average Bonchev–Trinajstić information content (AvgIpc) is 2.25. The van der Waals surface area contributed by atoms with Crippen LogP contribution in [0.5, 0.6) is 0 Å². The van der Waals surface area contributed by atoms with Crippen LogP contribution in [-0.4, -0.2) is 23.3 Å². The van der Waals surface area contributed by atoms with E-state index in [0.29, 0.717) is 12.3 Å². The van der Waals surface area contributed by atoms with Gasteiger partial charge in [0.1, 0.15) is 5.03 Å². The van der Waals surface area contributed by atoms with Crippen LogP contribution in [-0.2, 0) is 9.53 Å². The van der Waals surface area contributed by atoms with E-state index < -0.39 is 0 Å². The summed E-state index contributed by atoms with van der Waals surface area (Å²) in [5, 5.41) is 0.750. The zero-order valence-electron chi connectivity index (χ0n) is 9.12. The minimum atomic E-state index is -0.240. The van der Waals surface area contributed by atoms with E-state index in [-0.39, 0.29) is 11.7 Å². The molecular formula is C10H13BrN2O2S. The van der Waals surface area contributed by atoms with Crippen molar-refractivity contribution in [3.8, 4) is 0 Å². The fourth-order valence-electron chi connectivity index (χ4n) is 0.999. The molecule has 0 aromatic carbocycles. The van der Waals surface area contributed by atoms with Crippen LogP contribution in [0.25, 0.3) is 0 Å². The van der Waals surface area contributed by atoms with Crippen molar-refractivity contribution in [1.82, 2.24) is 4.98 Å². The normalized spacial score (nSPS) is 10.2. The summed E-state index contributed by atoms with van der Waals surface area (Å²) in [7, 11) is 0. The van der Waals surface area contributed by atoms with Gasteiger partial charge in [0.25, 0.3) is 0 Å². The smallest absolute Gasteiger partial charge is 0.316 e. The molecule has 1 aromatic rings. The van der Waals surface area contributed by atoms with Crippen molar-refractivity contribution in [2.24, 2.45) is 0 Å². The predicted octanol–water partition coefficient (Wildman–Crippen LogP) is 2.39. The molecular weight excluding hydrogens is 292 g/mol. The lowest BCUT2D eigenvalue weighted by atomic mass is 10.3. The number of thioether (sulfide) groups is 1. The largest absolute Gasteiger partial charge is 0.465 e. The molecule has 0 spiro atoms. The number of nitrogen functional groups attached to an aromatic ring is 1. The van der Waals surface area contributed by atoms with Crippen LogP contribution in [0.1, 0.15) is 12.5 Å². The second-order valence-corrected chi connectivity index (χ2v) is 4.81. The maximum atomic E-state index is 11.2. The Morgan fingerprint density at radius 1 is 1.69 bits per heavy atom. The highest BCUT2D eigenvalue weighted by Crippen LogP contribution is 2.30. The Labute approximate surface area is 107 Å². The van der Waals surface area contributed by atoms with Crippen molar-refractivity contribution in [3.63, 3.8) is 0 Å². The number of esters is 1. The second-order valence-electron chi connectivity index (χ2n) is 3.05. The van der Waals surface area contributed by atoms with E-state index in [2.05, 4.69) is 20.9 Å². The van der Waals surface area contributed by atoms with Gasteiger partial charge in [-0.25, -0.2) is 4.98 Å². The van der Waals surface area contributed by atoms with E-state index in [0.717, 1.165) is 15.1 Å². The molecule has 0 saturated heterocycles. The van der Waals surface area contributed by atoms with Gasteiger partial charge in [-0.1, -0.05) is 11.8 Å². The minimum Gasteiger partial charge on any atom is -0.465 e. The second kappa shape index (κ2) is 6.10. The van der Waals surface area contributed by atoms with Crippen LogP contribution in [0, 0.1) is 6.92 Å². The predicted molar refractivity (Wildman–Crippen MR) is 68.4 cm³/mol. The number of hydrogen-bond donors (Lipinski definition) is 1. The van der Waals surface area contributed by atoms with Gasteiger partial charge in [-0.15, -0.1) is 0 Å². The first-order chi connectivity index (χ1) is 7.56. The summed E-state index contributed by atoms with van der Waals surface area (Å²) < 4.78 is 5.66. The van der Waals surface area contributed by atoms with Crippen LogP contribution >= 0.6 is 27.7 Å². The molecule has 0 bridgehead atoms. The van der Waals surface area contributed by atoms with Gasteiger partial charge in [-0.2, -0.15) is 0 Å². The lowest BCUT2D eigenvalue weighted by Gasteiger charge is -2.07. The molecule has 0 aliphatic rings. The number of anilines is 1. The molecule has 0 fully saturated rings. The van der Waals surface area contributed by atoms with Crippen LogP contribution in [0.2, 0.25) is 0 Å². The molecule has 2 N–H and O–H groups in total. The van der Waals surface area contributed by atoms with Gasteiger partial charge < -0.3 is 10.5 Å². The van der Waals surface area contributed by atoms with Crippen LogP contribution < -0.4 is 5.73 Å². The number of nitrogens with two attached hydrogens (primary N) is 1. The third-order valence-corrected chi connectivity index (χ3v) is 4.10. The molecule has 0 aliphatic carbocycles. The van der Waals surface area contributed by atoms with Crippen LogP contribution in [0.3, 0.4) is 0 Å². The number of halogens is 1. The molecule has 88 valence electrons. The van der Waals surface area contributed by atoms with Gasteiger partial charge in [-0.05, 0) is 35.3 Å². The molecule has 1 heterocycles. The van der Waals surface area contributed by atoms with Gasteiger partial charge in [0.15, 0.2) is 0 Å². The fourth-order valence-corrected chi connectivity index (χ4v) is 2.42. The van der Waals surface area contributed by atoms with Crippen molar-refractivity contribution in [3.05, 3.63) is 16.2 Å². The number of aromatic nitrogens is 1. The van der Waals surface area contributed by atoms with Crippen molar-refractivity contribution in [1.29, 1.82) is 0 Å². The Kier molecular flexibility index (Phi) is 5.08. The molecule has 0 atom stereocenters. The van der Waals surface area contributed by atoms with Crippen LogP contribution in [0.4, 0.5) is 5.69 Å². The zero-order chi connectivity index (χ0) is 12.1. The molecule has 6 heteroatoms. The van der Waals surface area contributed by atoms with Crippen molar-refractivity contribution in [2.45, 2.75) is 18.9 Å². The first-order valence-corrected chi connectivity index (χ1v) is 6.53. The molecule has 1 aromatic heterocycles. The van der Waals surface area contributed by atoms with Gasteiger partial charge in [0.2, 0.25) is 0 Å². The molecule has 0 aliphatic heterocycles. The maximum absolute atomic E-state index is 11.2. The molecule has 4 nitrogen and oxygen atoms in total. The summed E-state index contributed by atoms with van der Waals surface area (Å²) in [6.45, 7) is 4.08. The third-order valence-electron chi connectivity index (χ3n) is 1.90. The van der Waals surface area contributed by atoms with Crippen LogP contribution in [0.15, 0.2) is 15.7 Å². The molecule has 16 heavy (non-hydrogen) atoms. The van der Waals surface area contributed by atoms with Gasteiger partial charge in [0.05, 0.1) is 28.7 Å². The van der Waals surface area contributed by atoms with E-state index in [9.17, 15) is 4.79 Å². The van der Waals surface area contributed by atoms with Gasteiger partial charge >= 0.3 is 5.97 Å². The van der Waals surface area contributed by atoms with E-state index in [1.54, 1.807) is 13.1 Å². The van der Waals surface area contributed by atoms with E-state index in [1.807, 2.05) is 6.92 Å². The molecule has 0 saturated carbocycles. The monoisotopic (exact) mass is 304 g/mol. The number of pyridine rings is 1. The van der Waals surface area contributed by atoms with E-state index in [1.165, 1.54) is 11.8 Å². The van der Waals surface area contributed by atoms with Crippen molar-refractivity contribution >= 4 is 39.3 Å². The molecule has 0 amide bonds. The SMILES string of the molecule is CCOC(=O)CSc1ncc(N)c(C)c1Br. The zero-order valence-corrected chi connectivity index (χ0v) is 11.5. The average molecular weight is 305 g/mol. The first kappa shape index (κ1) is 13.3. The maximum Gasteiger partial charge on any atom is 0.316 e. The van der Waals surface area contributed by atoms with E-state index >= 15 is 0 Å². The van der Waals surface area contributed by atoms with E-state index in [4.69, 9.17) is 10.5 Å². The lowest BCUT2D eigenvalue weighted by Crippen LogP contribution is -2.07. The quantitative estimate of drug-likeness (QED) is 0.683. The molecule has 1 rings (SSSR count). The summed E-state index contributed by atoms with van der Waals surface area (Å²) in [6, 6.07) is 0. The minimum absolute atomic E-state index is 0.240. The summed E-state index contributed by atoms with van der Waals surface area (Å²) >= 11 is 4.73. The number of carbonyl (C=O) groups is 1. The number of rotatable bonds is 4. The fraction of sp³-hybridized carbons (Fsp3) is 0.400. The summed E-state index contributed by atoms with van der Waals surface area (Å²) in [4.78, 5) is 15.3. The Hall–Kier alpha value is -0.750. The molecule has 0 radical (unpaired) electrons. The summed E-state index contributed by atoms with van der Waals surface area (Å²) in [5.74, 6) is 0.0127. The number of hydrogen-bond acceptors (Lipinski definition) is 5. The third kappa shape index (κ3) is 3.38. The Morgan fingerprint density at radius 3 is 3.00 bits per heavy atom. The first-order valence-electron chi connectivity index (χ1n) is 4.75. The van der Waals surface area contributed by atoms with Crippen molar-refractivity contribution in [2.75, 3.05) is 18.1 Å². The van der Waals surface area contributed by atoms with Gasteiger partial charge in [-0.3, -0.25) is 4.79 Å². The summed E-state index contributed by atoms with van der Waals surface area (Å²) in [6.07, 6.45) is 1.59. The topological polar surface area (TPSA) is 65.2 Å². The number of nitrogens with zero attached hydrogens (tertiary/aromatic N) is 1. The highest BCUT2D eigenvalue weighted by molar-refractivity contribution is 9.10. The number of carbonyl (C=O) groups excluding carboxylic acids is 1. The standard InChI is InChI=1S/C10H13BrN2O2S/c1-3-15-8(14)5-16-10-9(11)6(2)7(12)4-13-10/h4H,3,5,12H2,1-2H3. The van der Waals surface area contributed by atoms with Crippen molar-refractivity contribution < 1.29 is 9.53 Å².